The minimum absolute atomic E-state index is 0.0137. The third-order valence-electron chi connectivity index (χ3n) is 14.4. The van der Waals surface area contributed by atoms with Gasteiger partial charge in [-0.15, -0.1) is 0 Å². The Morgan fingerprint density at radius 3 is 1.87 bits per heavy atom. The SMILES string of the molecule is CC[C@H]1CCCCN(C(C)=O)CCCCN(CC(=O)N[C@H](C=O)Cc2ccc(O)cc2)C(=O)[C@H](CC(C)C)NC(=O)C(Cc2ccc(O)cc2)NC(=O)[C@H](CCC(N)=O)NC(=O)C(CO)NC(=O)[C@H](Cc2c[nH]c3ccccc23)NC1=O. The number of H-pyrrole nitrogens is 1. The molecule has 2 heterocycles. The lowest BCUT2D eigenvalue weighted by Gasteiger charge is -2.31. The van der Waals surface area contributed by atoms with Crippen LogP contribution in [0.15, 0.2) is 79.0 Å². The number of aldehydes is 1. The molecular weight excluding hydrogens is 1060 g/mol. The number of primary amides is 1. The quantitative estimate of drug-likeness (QED) is 0.0672. The van der Waals surface area contributed by atoms with E-state index in [1.165, 1.54) is 48.2 Å². The molecule has 3 aromatic carbocycles. The van der Waals surface area contributed by atoms with Crippen molar-refractivity contribution in [2.24, 2.45) is 17.6 Å². The number of aromatic amines is 1. The number of phenols is 2. The van der Waals surface area contributed by atoms with Crippen molar-refractivity contribution in [3.05, 3.63) is 95.7 Å². The Hall–Kier alpha value is -8.34. The molecule has 444 valence electrons. The van der Waals surface area contributed by atoms with E-state index in [0.717, 1.165) is 10.9 Å². The number of nitrogens with one attached hydrogen (secondary N) is 7. The summed E-state index contributed by atoms with van der Waals surface area (Å²) in [5, 5.41) is 47.2. The molecule has 5 rings (SSSR count). The number of benzene rings is 3. The fourth-order valence-corrected chi connectivity index (χ4v) is 9.81. The Labute approximate surface area is 477 Å². The molecule has 0 aliphatic carbocycles. The number of aromatic nitrogens is 1. The average Bonchev–Trinajstić information content (AvgIpc) is 4.04. The molecule has 1 aliphatic heterocycles. The van der Waals surface area contributed by atoms with Crippen molar-refractivity contribution in [2.45, 2.75) is 141 Å². The first-order chi connectivity index (χ1) is 39.2. The molecule has 0 radical (unpaired) electrons. The van der Waals surface area contributed by atoms with Crippen molar-refractivity contribution >= 4 is 70.4 Å². The monoisotopic (exact) mass is 1140 g/mol. The lowest BCUT2D eigenvalue weighted by Crippen LogP contribution is -2.60. The van der Waals surface area contributed by atoms with E-state index in [1.54, 1.807) is 23.2 Å². The van der Waals surface area contributed by atoms with E-state index in [2.05, 4.69) is 36.9 Å². The first-order valence-electron chi connectivity index (χ1n) is 28.0. The third kappa shape index (κ3) is 20.3. The van der Waals surface area contributed by atoms with Crippen LogP contribution in [0.4, 0.5) is 0 Å². The van der Waals surface area contributed by atoms with Gasteiger partial charge in [0.1, 0.15) is 48.0 Å². The van der Waals surface area contributed by atoms with E-state index in [1.807, 2.05) is 45.0 Å². The summed E-state index contributed by atoms with van der Waals surface area (Å²) in [5.41, 5.74) is 8.04. The minimum Gasteiger partial charge on any atom is -0.508 e. The van der Waals surface area contributed by atoms with Gasteiger partial charge in [0.2, 0.25) is 53.2 Å². The van der Waals surface area contributed by atoms with Crippen LogP contribution in [0, 0.1) is 11.8 Å². The lowest BCUT2D eigenvalue weighted by atomic mass is 9.96. The number of amides is 9. The van der Waals surface area contributed by atoms with Crippen molar-refractivity contribution in [3.63, 3.8) is 0 Å². The molecule has 4 aromatic rings. The van der Waals surface area contributed by atoms with Crippen LogP contribution >= 0.6 is 0 Å². The maximum absolute atomic E-state index is 14.9. The molecule has 23 heteroatoms. The number of hydrogen-bond donors (Lipinski definition) is 11. The Bertz CT molecular complexity index is 2820. The van der Waals surface area contributed by atoms with Crippen LogP contribution in [0.3, 0.4) is 0 Å². The molecule has 0 spiro atoms. The van der Waals surface area contributed by atoms with Gasteiger partial charge in [0.15, 0.2) is 0 Å². The number of fused-ring (bicyclic) bond motifs is 1. The largest absolute Gasteiger partial charge is 0.508 e. The van der Waals surface area contributed by atoms with E-state index in [9.17, 15) is 63.3 Å². The lowest BCUT2D eigenvalue weighted by molar-refractivity contribution is -0.141. The van der Waals surface area contributed by atoms with Gasteiger partial charge < -0.3 is 72.5 Å². The van der Waals surface area contributed by atoms with Crippen LogP contribution in [0.25, 0.3) is 10.9 Å². The molecule has 12 N–H and O–H groups in total. The number of carbonyl (C=O) groups excluding carboxylic acids is 10. The number of nitrogens with two attached hydrogens (primary N) is 1. The van der Waals surface area contributed by atoms with Crippen LogP contribution in [0.2, 0.25) is 0 Å². The van der Waals surface area contributed by atoms with Gasteiger partial charge in [0.25, 0.3) is 0 Å². The summed E-state index contributed by atoms with van der Waals surface area (Å²) in [5.74, 6) is -7.48. The molecule has 2 unspecified atom stereocenters. The second-order valence-electron chi connectivity index (χ2n) is 21.3. The molecule has 9 amide bonds. The fourth-order valence-electron chi connectivity index (χ4n) is 9.81. The second kappa shape index (κ2) is 32.2. The van der Waals surface area contributed by atoms with Crippen molar-refractivity contribution in [3.8, 4) is 11.5 Å². The van der Waals surface area contributed by atoms with E-state index in [0.29, 0.717) is 61.6 Å². The maximum Gasteiger partial charge on any atom is 0.245 e. The van der Waals surface area contributed by atoms with Crippen molar-refractivity contribution in [2.75, 3.05) is 32.8 Å². The standard InChI is InChI=1S/C59H80N10O13/c1-5-40-12-8-9-25-68(37(4)72)26-10-11-27-69(33-53(76)62-42(34-70)29-38-15-19-43(73)20-16-38)59(82)50(28-36(2)3)66-56(79)48(30-39-17-21-44(74)22-18-39)65-55(78)47(23-24-52(60)75)63-58(81)51(35-71)67-57(80)49(64-54(40)77)31-41-32-61-46-14-7-6-13-45(41)46/h6-7,13-22,32,34,36,40,42,47-51,61,71,73-74H,5,8-12,23-31,33,35H2,1-4H3,(H2,60,75)(H,62,76)(H,63,81)(H,64,77)(H,65,78)(H,66,79)(H,67,80)/t40-,42-,47-,48?,49-,50-,51?/m0/s1. The highest BCUT2D eigenvalue weighted by Crippen LogP contribution is 2.22. The molecular formula is C59H80N10O13. The molecule has 1 saturated heterocycles. The van der Waals surface area contributed by atoms with Crippen LogP contribution < -0.4 is 37.6 Å². The number of phenolic OH excluding ortho intramolecular Hbond substituents is 2. The zero-order valence-corrected chi connectivity index (χ0v) is 47.1. The van der Waals surface area contributed by atoms with Gasteiger partial charge in [-0.05, 0) is 104 Å². The summed E-state index contributed by atoms with van der Waals surface area (Å²) >= 11 is 0. The second-order valence-corrected chi connectivity index (χ2v) is 21.3. The first kappa shape index (κ1) is 64.5. The number of aliphatic hydroxyl groups excluding tert-OH is 1. The van der Waals surface area contributed by atoms with Gasteiger partial charge in [-0.2, -0.15) is 0 Å². The highest BCUT2D eigenvalue weighted by molar-refractivity contribution is 5.98. The molecule has 23 nitrogen and oxygen atoms in total. The Morgan fingerprint density at radius 2 is 1.26 bits per heavy atom. The summed E-state index contributed by atoms with van der Waals surface area (Å²) in [4.78, 5) is 144. The minimum atomic E-state index is -1.71. The molecule has 82 heavy (non-hydrogen) atoms. The number of hydrogen-bond acceptors (Lipinski definition) is 13. The molecule has 1 fully saturated rings. The van der Waals surface area contributed by atoms with Crippen molar-refractivity contribution < 1.29 is 63.3 Å². The average molecular weight is 1140 g/mol. The highest BCUT2D eigenvalue weighted by Gasteiger charge is 2.35. The number of nitrogens with zero attached hydrogens (tertiary/aromatic N) is 2. The van der Waals surface area contributed by atoms with Gasteiger partial charge in [-0.25, -0.2) is 0 Å². The van der Waals surface area contributed by atoms with Crippen molar-refractivity contribution in [1.82, 2.24) is 46.7 Å². The van der Waals surface area contributed by atoms with Crippen LogP contribution in [-0.2, 0) is 67.2 Å². The third-order valence-corrected chi connectivity index (χ3v) is 14.4. The molecule has 1 aliphatic rings. The van der Waals surface area contributed by atoms with Gasteiger partial charge >= 0.3 is 0 Å². The van der Waals surface area contributed by atoms with Crippen molar-refractivity contribution in [1.29, 1.82) is 0 Å². The predicted molar refractivity (Wildman–Crippen MR) is 304 cm³/mol. The number of carbonyl (C=O) groups is 10. The van der Waals surface area contributed by atoms with Crippen LogP contribution in [-0.4, -0.2) is 159 Å². The van der Waals surface area contributed by atoms with Gasteiger partial charge in [0, 0.05) is 68.8 Å². The summed E-state index contributed by atoms with van der Waals surface area (Å²) in [7, 11) is 0. The number of aromatic hydroxyl groups is 2. The Balaban J connectivity index is 1.52. The molecule has 7 atom stereocenters. The van der Waals surface area contributed by atoms with Gasteiger partial charge in [-0.3, -0.25) is 43.2 Å². The Kier molecular flexibility index (Phi) is 25.3. The van der Waals surface area contributed by atoms with E-state index in [4.69, 9.17) is 5.73 Å². The molecule has 1 aromatic heterocycles. The van der Waals surface area contributed by atoms with Gasteiger partial charge in [-0.1, -0.05) is 69.7 Å². The summed E-state index contributed by atoms with van der Waals surface area (Å²) in [6.07, 6.45) is 3.80. The smallest absolute Gasteiger partial charge is 0.245 e. The van der Waals surface area contributed by atoms with E-state index in [-0.39, 0.29) is 68.5 Å². The normalized spacial score (nSPS) is 21.3. The predicted octanol–water partition coefficient (Wildman–Crippen LogP) is 1.69. The van der Waals surface area contributed by atoms with E-state index >= 15 is 0 Å². The Morgan fingerprint density at radius 1 is 0.707 bits per heavy atom. The number of aliphatic hydroxyl groups is 1. The maximum atomic E-state index is 14.9. The number of para-hydroxylation sites is 1. The summed E-state index contributed by atoms with van der Waals surface area (Å²) in [6, 6.07) is 10.8. The highest BCUT2D eigenvalue weighted by atomic mass is 16.3. The fraction of sp³-hybridized carbons (Fsp3) is 0.492. The van der Waals surface area contributed by atoms with Crippen LogP contribution in [0.5, 0.6) is 11.5 Å². The number of rotatable bonds is 17. The summed E-state index contributed by atoms with van der Waals surface area (Å²) < 4.78 is 0. The van der Waals surface area contributed by atoms with Crippen LogP contribution in [0.1, 0.15) is 102 Å². The summed E-state index contributed by atoms with van der Waals surface area (Å²) in [6.45, 7) is 5.98. The zero-order valence-electron chi connectivity index (χ0n) is 47.1. The first-order valence-corrected chi connectivity index (χ1v) is 28.0. The zero-order chi connectivity index (χ0) is 59.9. The van der Waals surface area contributed by atoms with E-state index < -0.39 is 115 Å². The molecule has 0 bridgehead atoms. The topological polar surface area (TPSA) is 352 Å². The van der Waals surface area contributed by atoms with Gasteiger partial charge in [0.05, 0.1) is 19.2 Å². The molecule has 0 saturated carbocycles.